The SMILES string of the molecule is CCCCCCCCCC(C)(C)CC(C)(C)[C@]1(C)NC(CC[C@H](C)CC)[C@H]1C. The average molecular weight is 394 g/mol. The van der Waals surface area contributed by atoms with Gasteiger partial charge in [0.05, 0.1) is 0 Å². The van der Waals surface area contributed by atoms with Crippen molar-refractivity contribution in [3.63, 3.8) is 0 Å². The van der Waals surface area contributed by atoms with Crippen LogP contribution in [0.5, 0.6) is 0 Å². The summed E-state index contributed by atoms with van der Waals surface area (Å²) in [5.74, 6) is 1.65. The zero-order valence-electron chi connectivity index (χ0n) is 21.2. The van der Waals surface area contributed by atoms with Crippen molar-refractivity contribution in [1.82, 2.24) is 5.32 Å². The molecule has 1 heterocycles. The minimum atomic E-state index is 0.282. The molecule has 1 aliphatic heterocycles. The maximum atomic E-state index is 4.04. The number of unbranched alkanes of at least 4 members (excludes halogenated alkanes) is 6. The Morgan fingerprint density at radius 1 is 0.929 bits per heavy atom. The third-order valence-corrected chi connectivity index (χ3v) is 8.45. The van der Waals surface area contributed by atoms with Crippen LogP contribution in [0.15, 0.2) is 0 Å². The van der Waals surface area contributed by atoms with E-state index in [4.69, 9.17) is 0 Å². The fourth-order valence-electron chi connectivity index (χ4n) is 5.78. The Kier molecular flexibility index (Phi) is 10.6. The van der Waals surface area contributed by atoms with Crippen LogP contribution in [0.2, 0.25) is 0 Å². The average Bonchev–Trinajstić information content (AvgIpc) is 2.62. The Labute approximate surface area is 179 Å². The van der Waals surface area contributed by atoms with Gasteiger partial charge >= 0.3 is 0 Å². The highest BCUT2D eigenvalue weighted by Gasteiger charge is 2.56. The van der Waals surface area contributed by atoms with Crippen molar-refractivity contribution in [1.29, 1.82) is 0 Å². The van der Waals surface area contributed by atoms with E-state index in [0.29, 0.717) is 10.8 Å². The molecule has 168 valence electrons. The molecule has 0 aliphatic carbocycles. The van der Waals surface area contributed by atoms with Gasteiger partial charge in [0.1, 0.15) is 0 Å². The van der Waals surface area contributed by atoms with E-state index in [1.54, 1.807) is 0 Å². The smallest absolute Gasteiger partial charge is 0.0247 e. The molecule has 0 bridgehead atoms. The summed E-state index contributed by atoms with van der Waals surface area (Å²) in [5.41, 5.74) is 1.06. The van der Waals surface area contributed by atoms with Crippen molar-refractivity contribution in [2.75, 3.05) is 0 Å². The van der Waals surface area contributed by atoms with E-state index in [2.05, 4.69) is 67.6 Å². The summed E-state index contributed by atoms with van der Waals surface area (Å²) in [6.07, 6.45) is 16.7. The van der Waals surface area contributed by atoms with E-state index in [1.165, 1.54) is 77.0 Å². The molecule has 0 aromatic carbocycles. The van der Waals surface area contributed by atoms with Crippen LogP contribution in [-0.4, -0.2) is 11.6 Å². The molecule has 0 saturated carbocycles. The van der Waals surface area contributed by atoms with Crippen LogP contribution in [0.3, 0.4) is 0 Å². The first-order valence-corrected chi connectivity index (χ1v) is 12.8. The van der Waals surface area contributed by atoms with Gasteiger partial charge in [0.25, 0.3) is 0 Å². The van der Waals surface area contributed by atoms with E-state index in [9.17, 15) is 0 Å². The van der Waals surface area contributed by atoms with Gasteiger partial charge in [-0.05, 0) is 55.3 Å². The molecule has 0 radical (unpaired) electrons. The third kappa shape index (κ3) is 7.33. The van der Waals surface area contributed by atoms with Gasteiger partial charge in [0.2, 0.25) is 0 Å². The van der Waals surface area contributed by atoms with Crippen molar-refractivity contribution in [3.8, 4) is 0 Å². The largest absolute Gasteiger partial charge is 0.308 e. The molecule has 1 saturated heterocycles. The lowest BCUT2D eigenvalue weighted by molar-refractivity contribution is -0.0620. The van der Waals surface area contributed by atoms with Gasteiger partial charge in [-0.3, -0.25) is 0 Å². The lowest BCUT2D eigenvalue weighted by Crippen LogP contribution is -2.75. The fraction of sp³-hybridized carbons (Fsp3) is 1.00. The zero-order chi connectivity index (χ0) is 21.4. The van der Waals surface area contributed by atoms with E-state index < -0.39 is 0 Å². The molecule has 0 amide bonds. The van der Waals surface area contributed by atoms with Crippen molar-refractivity contribution >= 4 is 0 Å². The Morgan fingerprint density at radius 3 is 2.04 bits per heavy atom. The fourth-order valence-corrected chi connectivity index (χ4v) is 5.78. The Bertz CT molecular complexity index is 424. The summed E-state index contributed by atoms with van der Waals surface area (Å²) < 4.78 is 0. The number of nitrogens with one attached hydrogen (secondary N) is 1. The van der Waals surface area contributed by atoms with Crippen LogP contribution in [0.4, 0.5) is 0 Å². The molecule has 1 heteroatoms. The number of rotatable bonds is 15. The van der Waals surface area contributed by atoms with Gasteiger partial charge in [-0.1, -0.05) is 107 Å². The molecule has 1 aliphatic rings. The monoisotopic (exact) mass is 393 g/mol. The van der Waals surface area contributed by atoms with Gasteiger partial charge in [-0.2, -0.15) is 0 Å². The maximum Gasteiger partial charge on any atom is 0.0247 e. The van der Waals surface area contributed by atoms with Crippen LogP contribution >= 0.6 is 0 Å². The lowest BCUT2D eigenvalue weighted by atomic mass is 9.54. The minimum absolute atomic E-state index is 0.282. The first-order chi connectivity index (χ1) is 13.0. The Morgan fingerprint density at radius 2 is 1.50 bits per heavy atom. The second kappa shape index (κ2) is 11.4. The van der Waals surface area contributed by atoms with Crippen LogP contribution in [0.25, 0.3) is 0 Å². The zero-order valence-corrected chi connectivity index (χ0v) is 21.2. The highest BCUT2D eigenvalue weighted by Crippen LogP contribution is 2.52. The molecule has 1 fully saturated rings. The number of hydrogen-bond donors (Lipinski definition) is 1. The molecule has 1 unspecified atom stereocenters. The van der Waals surface area contributed by atoms with E-state index in [0.717, 1.165) is 17.9 Å². The standard InChI is InChI=1S/C27H55N/c1-10-12-13-14-15-16-17-20-25(5,6)21-26(7,8)27(9)23(4)24(28-27)19-18-22(3)11-2/h22-24,28H,10-21H2,1-9H3/t22-,23-,24?,27-/m1/s1. The van der Waals surface area contributed by atoms with Gasteiger partial charge in [0.15, 0.2) is 0 Å². The molecular formula is C27H55N. The van der Waals surface area contributed by atoms with Gasteiger partial charge in [-0.25, -0.2) is 0 Å². The lowest BCUT2D eigenvalue weighted by Gasteiger charge is -2.62. The van der Waals surface area contributed by atoms with Crippen molar-refractivity contribution in [3.05, 3.63) is 0 Å². The second-order valence-corrected chi connectivity index (χ2v) is 11.9. The molecule has 4 atom stereocenters. The summed E-state index contributed by atoms with van der Waals surface area (Å²) in [5, 5.41) is 4.04. The summed E-state index contributed by atoms with van der Waals surface area (Å²) in [6, 6.07) is 0.726. The summed E-state index contributed by atoms with van der Waals surface area (Å²) in [7, 11) is 0. The minimum Gasteiger partial charge on any atom is -0.308 e. The molecule has 1 N–H and O–H groups in total. The highest BCUT2D eigenvalue weighted by atomic mass is 15.1. The third-order valence-electron chi connectivity index (χ3n) is 8.45. The van der Waals surface area contributed by atoms with Gasteiger partial charge in [0, 0.05) is 11.6 Å². The number of hydrogen-bond acceptors (Lipinski definition) is 1. The highest BCUT2D eigenvalue weighted by molar-refractivity contribution is 5.13. The topological polar surface area (TPSA) is 12.0 Å². The summed E-state index contributed by atoms with van der Waals surface area (Å²) >= 11 is 0. The van der Waals surface area contributed by atoms with Crippen molar-refractivity contribution in [2.24, 2.45) is 22.7 Å². The molecule has 0 spiro atoms. The van der Waals surface area contributed by atoms with Crippen molar-refractivity contribution < 1.29 is 0 Å². The second-order valence-electron chi connectivity index (χ2n) is 11.9. The maximum absolute atomic E-state index is 4.04. The Balaban J connectivity index is 2.43. The Hall–Kier alpha value is -0.0400. The molecule has 0 aromatic rings. The normalized spacial score (nSPS) is 26.9. The van der Waals surface area contributed by atoms with E-state index >= 15 is 0 Å². The van der Waals surface area contributed by atoms with Gasteiger partial charge in [-0.15, -0.1) is 0 Å². The first-order valence-electron chi connectivity index (χ1n) is 12.8. The quantitative estimate of drug-likeness (QED) is 0.274. The van der Waals surface area contributed by atoms with Crippen LogP contribution in [0.1, 0.15) is 139 Å². The summed E-state index contributed by atoms with van der Waals surface area (Å²) in [6.45, 7) is 22.1. The van der Waals surface area contributed by atoms with E-state index in [-0.39, 0.29) is 5.54 Å². The summed E-state index contributed by atoms with van der Waals surface area (Å²) in [4.78, 5) is 0. The van der Waals surface area contributed by atoms with Crippen LogP contribution < -0.4 is 5.32 Å². The van der Waals surface area contributed by atoms with Crippen LogP contribution in [-0.2, 0) is 0 Å². The van der Waals surface area contributed by atoms with E-state index in [1.807, 2.05) is 0 Å². The van der Waals surface area contributed by atoms with Crippen LogP contribution in [0, 0.1) is 22.7 Å². The van der Waals surface area contributed by atoms with Gasteiger partial charge < -0.3 is 5.32 Å². The predicted octanol–water partition coefficient (Wildman–Crippen LogP) is 8.76. The molecule has 0 aromatic heterocycles. The first kappa shape index (κ1) is 26.0. The van der Waals surface area contributed by atoms with Crippen molar-refractivity contribution in [2.45, 2.75) is 151 Å². The molecule has 1 rings (SSSR count). The molecule has 1 nitrogen and oxygen atoms in total. The predicted molar refractivity (Wildman–Crippen MR) is 128 cm³/mol. The molecular weight excluding hydrogens is 338 g/mol. The molecule has 28 heavy (non-hydrogen) atoms.